The minimum atomic E-state index is -1.91. The quantitative estimate of drug-likeness (QED) is 0.170. The van der Waals surface area contributed by atoms with E-state index in [9.17, 15) is 0 Å². The number of ether oxygens (including phenoxy) is 2. The summed E-state index contributed by atoms with van der Waals surface area (Å²) < 4.78 is 12.4. The number of rotatable bonds is 10. The van der Waals surface area contributed by atoms with Gasteiger partial charge in [-0.25, -0.2) is 4.98 Å². The van der Waals surface area contributed by atoms with Crippen LogP contribution < -0.4 is 25.6 Å². The van der Waals surface area contributed by atoms with Crippen molar-refractivity contribution in [2.45, 2.75) is 51.6 Å². The van der Waals surface area contributed by atoms with Crippen LogP contribution in [-0.4, -0.2) is 90.2 Å². The Bertz CT molecular complexity index is 1780. The first kappa shape index (κ1) is 34.0. The highest BCUT2D eigenvalue weighted by Crippen LogP contribution is 2.42. The SMILES string of the molecule is CCc1cc(Nc2ncc(Br)c(Nc3ccc4nccnc4c3P(C)(C)=S)n2)c(OC)cc1N1CCC(N2CCOC[C@@H]2CC)CC1. The molecule has 2 aliphatic heterocycles. The second-order valence-corrected chi connectivity index (χ2v) is 19.2. The van der Waals surface area contributed by atoms with E-state index in [4.69, 9.17) is 26.3 Å². The Labute approximate surface area is 291 Å². The number of aryl methyl sites for hydroxylation is 1. The maximum Gasteiger partial charge on any atom is 0.229 e. The highest BCUT2D eigenvalue weighted by atomic mass is 79.9. The summed E-state index contributed by atoms with van der Waals surface area (Å²) >= 11 is 9.64. The highest BCUT2D eigenvalue weighted by Gasteiger charge is 2.31. The minimum absolute atomic E-state index is 0.454. The molecule has 2 fully saturated rings. The number of anilines is 5. The Morgan fingerprint density at radius 2 is 1.83 bits per heavy atom. The number of aromatic nitrogens is 4. The topological polar surface area (TPSA) is 101 Å². The molecule has 250 valence electrons. The Balaban J connectivity index is 1.23. The second-order valence-electron chi connectivity index (χ2n) is 12.5. The molecule has 13 heteroatoms. The van der Waals surface area contributed by atoms with E-state index >= 15 is 0 Å². The van der Waals surface area contributed by atoms with Crippen molar-refractivity contribution in [1.82, 2.24) is 24.8 Å². The number of piperidine rings is 1. The van der Waals surface area contributed by atoms with Gasteiger partial charge in [-0.15, -0.1) is 0 Å². The van der Waals surface area contributed by atoms with Crippen molar-refractivity contribution in [1.29, 1.82) is 0 Å². The van der Waals surface area contributed by atoms with Gasteiger partial charge < -0.3 is 25.0 Å². The van der Waals surface area contributed by atoms with Crippen molar-refractivity contribution >= 4 is 78.9 Å². The molecule has 2 aromatic carbocycles. The van der Waals surface area contributed by atoms with E-state index < -0.39 is 6.04 Å². The zero-order chi connectivity index (χ0) is 33.1. The molecular weight excluding hydrogens is 695 g/mol. The molecule has 0 bridgehead atoms. The fraction of sp³-hybridized carbons (Fsp3) is 0.471. The Morgan fingerprint density at radius 3 is 2.55 bits per heavy atom. The van der Waals surface area contributed by atoms with Gasteiger partial charge in [0.15, 0.2) is 0 Å². The summed E-state index contributed by atoms with van der Waals surface area (Å²) in [5.41, 5.74) is 5.84. The summed E-state index contributed by atoms with van der Waals surface area (Å²) in [4.78, 5) is 23.8. The Morgan fingerprint density at radius 1 is 1.04 bits per heavy atom. The van der Waals surface area contributed by atoms with Gasteiger partial charge in [0.05, 0.1) is 47.2 Å². The van der Waals surface area contributed by atoms with Gasteiger partial charge in [-0.05, 0) is 84.7 Å². The molecule has 4 aromatic rings. The third-order valence-corrected chi connectivity index (χ3v) is 11.9. The van der Waals surface area contributed by atoms with Crippen LogP contribution in [0.4, 0.5) is 28.8 Å². The van der Waals surface area contributed by atoms with E-state index in [0.29, 0.717) is 23.8 Å². The number of hydrogen-bond donors (Lipinski definition) is 2. The molecule has 0 radical (unpaired) electrons. The van der Waals surface area contributed by atoms with Crippen LogP contribution in [0.1, 0.15) is 38.7 Å². The maximum absolute atomic E-state index is 6.00. The zero-order valence-corrected chi connectivity index (χ0v) is 31.1. The fourth-order valence-corrected chi connectivity index (χ4v) is 9.07. The standard InChI is InChI=1S/C34H44BrN8O2PS/c1-6-22-18-28(30(44-3)19-29(22)42-14-10-24(11-15-42)43-16-17-45-21-23(43)7-2)40-34-38-20-25(35)33(41-34)39-27-9-8-26-31(37-13-12-36-26)32(27)46(4,5)47/h8-9,12-13,18-20,23-24H,6-7,10-11,14-17,21H2,1-5H3,(H2,38,39,40,41)/t23-/m0/s1. The summed E-state index contributed by atoms with van der Waals surface area (Å²) in [5, 5.41) is 7.95. The van der Waals surface area contributed by atoms with E-state index in [2.05, 4.69) is 90.6 Å². The number of nitrogens with one attached hydrogen (secondary N) is 2. The normalized spacial score (nSPS) is 18.0. The number of methoxy groups -OCH3 is 1. The van der Waals surface area contributed by atoms with Crippen LogP contribution >= 0.6 is 22.0 Å². The molecule has 1 atom stereocenters. The molecule has 0 unspecified atom stereocenters. The summed E-state index contributed by atoms with van der Waals surface area (Å²) in [6, 6.07) is 7.55. The van der Waals surface area contributed by atoms with Crippen molar-refractivity contribution in [3.8, 4) is 5.75 Å². The van der Waals surface area contributed by atoms with E-state index in [1.807, 2.05) is 12.1 Å². The van der Waals surface area contributed by atoms with Crippen LogP contribution in [0.15, 0.2) is 47.3 Å². The first-order valence-electron chi connectivity index (χ1n) is 16.3. The van der Waals surface area contributed by atoms with Gasteiger partial charge >= 0.3 is 0 Å². The van der Waals surface area contributed by atoms with Gasteiger partial charge in [0.2, 0.25) is 5.95 Å². The molecule has 47 heavy (non-hydrogen) atoms. The smallest absolute Gasteiger partial charge is 0.229 e. The summed E-state index contributed by atoms with van der Waals surface area (Å²) in [6.45, 7) is 13.5. The van der Waals surface area contributed by atoms with Gasteiger partial charge in [0.25, 0.3) is 0 Å². The molecule has 6 rings (SSSR count). The predicted molar refractivity (Wildman–Crippen MR) is 201 cm³/mol. The summed E-state index contributed by atoms with van der Waals surface area (Å²) in [7, 11) is 1.71. The maximum atomic E-state index is 6.00. The number of nitrogens with zero attached hydrogens (tertiary/aromatic N) is 6. The summed E-state index contributed by atoms with van der Waals surface area (Å²) in [6.07, 6.45) is 9.50. The molecule has 0 saturated carbocycles. The van der Waals surface area contributed by atoms with Crippen LogP contribution in [0.3, 0.4) is 0 Å². The number of benzene rings is 2. The average molecular weight is 740 g/mol. The molecule has 0 amide bonds. The van der Waals surface area contributed by atoms with Crippen molar-refractivity contribution < 1.29 is 9.47 Å². The van der Waals surface area contributed by atoms with Crippen molar-refractivity contribution in [2.75, 3.05) is 68.8 Å². The molecule has 10 nitrogen and oxygen atoms in total. The van der Waals surface area contributed by atoms with Crippen LogP contribution in [0.2, 0.25) is 0 Å². The monoisotopic (exact) mass is 738 g/mol. The van der Waals surface area contributed by atoms with Gasteiger partial charge in [-0.2, -0.15) is 4.98 Å². The number of hydrogen-bond acceptors (Lipinski definition) is 11. The molecule has 4 heterocycles. The molecule has 2 aliphatic rings. The number of fused-ring (bicyclic) bond motifs is 1. The molecule has 2 N–H and O–H groups in total. The first-order valence-corrected chi connectivity index (χ1v) is 20.8. The van der Waals surface area contributed by atoms with Crippen molar-refractivity contribution in [3.05, 3.63) is 52.9 Å². The van der Waals surface area contributed by atoms with Crippen molar-refractivity contribution in [3.63, 3.8) is 0 Å². The third-order valence-electron chi connectivity index (χ3n) is 9.20. The Hall–Kier alpha value is -2.89. The molecule has 0 spiro atoms. The lowest BCUT2D eigenvalue weighted by molar-refractivity contribution is -0.0345. The van der Waals surface area contributed by atoms with E-state index in [1.54, 1.807) is 25.7 Å². The fourth-order valence-electron chi connectivity index (χ4n) is 6.83. The van der Waals surface area contributed by atoms with Crippen LogP contribution in [0.5, 0.6) is 5.75 Å². The second kappa shape index (κ2) is 14.7. The van der Waals surface area contributed by atoms with Gasteiger partial charge in [-0.3, -0.25) is 14.9 Å². The lowest BCUT2D eigenvalue weighted by atomic mass is 9.98. The van der Waals surface area contributed by atoms with Crippen LogP contribution in [-0.2, 0) is 23.0 Å². The molecular formula is C34H44BrN8O2PS. The van der Waals surface area contributed by atoms with Crippen LogP contribution in [0.25, 0.3) is 11.0 Å². The Kier molecular flexibility index (Phi) is 10.6. The number of morpholine rings is 1. The summed E-state index contributed by atoms with van der Waals surface area (Å²) in [5.74, 6) is 1.83. The largest absolute Gasteiger partial charge is 0.494 e. The zero-order valence-electron chi connectivity index (χ0n) is 27.8. The molecule has 0 aliphatic carbocycles. The van der Waals surface area contributed by atoms with E-state index in [0.717, 1.165) is 96.5 Å². The molecule has 2 aromatic heterocycles. The van der Waals surface area contributed by atoms with Gasteiger partial charge in [0, 0.05) is 67.4 Å². The van der Waals surface area contributed by atoms with Crippen LogP contribution in [0, 0.1) is 0 Å². The molecule has 2 saturated heterocycles. The minimum Gasteiger partial charge on any atom is -0.494 e. The van der Waals surface area contributed by atoms with Gasteiger partial charge in [-0.1, -0.05) is 25.7 Å². The predicted octanol–water partition coefficient (Wildman–Crippen LogP) is 6.68. The third kappa shape index (κ3) is 7.42. The number of halogens is 1. The first-order chi connectivity index (χ1) is 22.7. The van der Waals surface area contributed by atoms with Crippen molar-refractivity contribution in [2.24, 2.45) is 0 Å². The average Bonchev–Trinajstić information content (AvgIpc) is 3.08. The lowest BCUT2D eigenvalue weighted by Gasteiger charge is -2.45. The van der Waals surface area contributed by atoms with E-state index in [-0.39, 0.29) is 0 Å². The van der Waals surface area contributed by atoms with E-state index in [1.165, 1.54) is 11.3 Å². The van der Waals surface area contributed by atoms with Gasteiger partial charge in [0.1, 0.15) is 11.6 Å². The lowest BCUT2D eigenvalue weighted by Crippen LogP contribution is -2.54. The highest BCUT2D eigenvalue weighted by molar-refractivity contribution is 9.10.